The molecule has 0 spiro atoms. The van der Waals surface area contributed by atoms with Gasteiger partial charge in [-0.1, -0.05) is 0 Å². The van der Waals surface area contributed by atoms with Gasteiger partial charge in [-0.3, -0.25) is 13.6 Å². The van der Waals surface area contributed by atoms with Gasteiger partial charge in [0, 0.05) is 20.1 Å². The fourth-order valence-corrected chi connectivity index (χ4v) is 2.90. The molecular weight excluding hydrogens is 275 g/mol. The van der Waals surface area contributed by atoms with E-state index in [-0.39, 0.29) is 24.7 Å². The number of phosphoric ester groups is 1. The first-order chi connectivity index (χ1) is 8.89. The van der Waals surface area contributed by atoms with E-state index in [2.05, 4.69) is 0 Å². The molecule has 7 nitrogen and oxygen atoms in total. The Hall–Kier alpha value is -0.0100. The van der Waals surface area contributed by atoms with Crippen molar-refractivity contribution in [3.63, 3.8) is 0 Å². The molecule has 2 aliphatic rings. The van der Waals surface area contributed by atoms with Gasteiger partial charge in [0.15, 0.2) is 5.79 Å². The molecule has 19 heavy (non-hydrogen) atoms. The van der Waals surface area contributed by atoms with Gasteiger partial charge in [-0.05, 0) is 13.8 Å². The molecular formula is C11H21O7P. The summed E-state index contributed by atoms with van der Waals surface area (Å²) in [7, 11) is -0.931. The van der Waals surface area contributed by atoms with Crippen LogP contribution in [0.3, 0.4) is 0 Å². The zero-order valence-electron chi connectivity index (χ0n) is 11.7. The van der Waals surface area contributed by atoms with Gasteiger partial charge >= 0.3 is 7.82 Å². The van der Waals surface area contributed by atoms with Crippen LogP contribution in [0.5, 0.6) is 0 Å². The minimum atomic E-state index is -3.48. The number of rotatable bonds is 5. The molecule has 0 amide bonds. The molecule has 2 heterocycles. The lowest BCUT2D eigenvalue weighted by molar-refractivity contribution is -0.290. The van der Waals surface area contributed by atoms with E-state index in [4.69, 9.17) is 27.8 Å². The van der Waals surface area contributed by atoms with Gasteiger partial charge in [-0.25, -0.2) is 4.57 Å². The lowest BCUT2D eigenvalue weighted by atomic mass is 10.0. The van der Waals surface area contributed by atoms with Crippen molar-refractivity contribution in [1.82, 2.24) is 0 Å². The first-order valence-corrected chi connectivity index (χ1v) is 7.64. The zero-order valence-corrected chi connectivity index (χ0v) is 12.6. The molecule has 0 aromatic rings. The van der Waals surface area contributed by atoms with Crippen LogP contribution in [0, 0.1) is 5.92 Å². The minimum absolute atomic E-state index is 0.0935. The monoisotopic (exact) mass is 296 g/mol. The summed E-state index contributed by atoms with van der Waals surface area (Å²) in [6.07, 6.45) is -0.433. The maximum atomic E-state index is 11.8. The highest BCUT2D eigenvalue weighted by atomic mass is 31.2. The van der Waals surface area contributed by atoms with Crippen molar-refractivity contribution in [2.45, 2.75) is 31.8 Å². The molecule has 2 unspecified atom stereocenters. The summed E-state index contributed by atoms with van der Waals surface area (Å²) in [4.78, 5) is 0. The van der Waals surface area contributed by atoms with E-state index in [0.29, 0.717) is 13.2 Å². The van der Waals surface area contributed by atoms with Crippen molar-refractivity contribution >= 4 is 7.82 Å². The molecule has 3 atom stereocenters. The van der Waals surface area contributed by atoms with Crippen LogP contribution in [-0.4, -0.2) is 52.0 Å². The summed E-state index contributed by atoms with van der Waals surface area (Å²) in [6, 6.07) is 0. The van der Waals surface area contributed by atoms with Crippen LogP contribution in [-0.2, 0) is 32.3 Å². The van der Waals surface area contributed by atoms with Crippen LogP contribution >= 0.6 is 7.82 Å². The number of fused-ring (bicyclic) bond motifs is 1. The van der Waals surface area contributed by atoms with Crippen molar-refractivity contribution < 1.29 is 32.3 Å². The molecule has 0 saturated carbocycles. The van der Waals surface area contributed by atoms with Gasteiger partial charge in [0.2, 0.25) is 0 Å². The van der Waals surface area contributed by atoms with E-state index in [9.17, 15) is 4.57 Å². The van der Waals surface area contributed by atoms with Crippen molar-refractivity contribution in [2.24, 2.45) is 5.92 Å². The molecule has 112 valence electrons. The molecule has 0 aromatic carbocycles. The molecule has 0 radical (unpaired) electrons. The van der Waals surface area contributed by atoms with E-state index in [1.54, 1.807) is 0 Å². The molecule has 2 saturated heterocycles. The second-order valence-electron chi connectivity index (χ2n) is 5.03. The third-order valence-electron chi connectivity index (χ3n) is 3.26. The molecule has 0 aromatic heterocycles. The van der Waals surface area contributed by atoms with E-state index in [1.165, 1.54) is 14.2 Å². The Morgan fingerprint density at radius 3 is 2.58 bits per heavy atom. The number of hydrogen-bond acceptors (Lipinski definition) is 7. The highest BCUT2D eigenvalue weighted by molar-refractivity contribution is 7.48. The third kappa shape index (κ3) is 3.55. The molecule has 0 bridgehead atoms. The lowest BCUT2D eigenvalue weighted by Crippen LogP contribution is -2.48. The summed E-state index contributed by atoms with van der Waals surface area (Å²) in [6.45, 7) is 4.93. The predicted octanol–water partition coefficient (Wildman–Crippen LogP) is 1.57. The summed E-state index contributed by atoms with van der Waals surface area (Å²) >= 11 is 0. The normalized spacial score (nSPS) is 34.2. The third-order valence-corrected chi connectivity index (χ3v) is 4.62. The lowest BCUT2D eigenvalue weighted by Gasteiger charge is -2.38. The van der Waals surface area contributed by atoms with E-state index in [0.717, 1.165) is 0 Å². The van der Waals surface area contributed by atoms with Crippen LogP contribution in [0.2, 0.25) is 0 Å². The van der Waals surface area contributed by atoms with Crippen LogP contribution < -0.4 is 0 Å². The summed E-state index contributed by atoms with van der Waals surface area (Å²) in [5.41, 5.74) is 0. The number of ether oxygens (including phenoxy) is 3. The largest absolute Gasteiger partial charge is 0.474 e. The van der Waals surface area contributed by atoms with Crippen LogP contribution in [0.4, 0.5) is 0 Å². The van der Waals surface area contributed by atoms with Gasteiger partial charge in [0.25, 0.3) is 0 Å². The van der Waals surface area contributed by atoms with E-state index < -0.39 is 13.6 Å². The molecule has 2 rings (SSSR count). The average Bonchev–Trinajstić information content (AvgIpc) is 2.77. The van der Waals surface area contributed by atoms with Crippen LogP contribution in [0.25, 0.3) is 0 Å². The fourth-order valence-electron chi connectivity index (χ4n) is 2.21. The standard InChI is InChI=1S/C11H21O7P/c1-11(2)16-6-8-5-15-9(10(8)18-11)7-17-19(12,13-3)14-4/h8-10H,5-7H2,1-4H3/t8?,9-,10?/m1/s1. The first-order valence-electron chi connectivity index (χ1n) is 6.18. The summed E-state index contributed by atoms with van der Waals surface area (Å²) in [5, 5.41) is 0. The fraction of sp³-hybridized carbons (Fsp3) is 1.00. The molecule has 0 N–H and O–H groups in total. The van der Waals surface area contributed by atoms with Crippen molar-refractivity contribution in [2.75, 3.05) is 34.0 Å². The average molecular weight is 296 g/mol. The second kappa shape index (κ2) is 5.77. The Morgan fingerprint density at radius 2 is 1.95 bits per heavy atom. The Morgan fingerprint density at radius 1 is 1.26 bits per heavy atom. The molecule has 8 heteroatoms. The topological polar surface area (TPSA) is 72.5 Å². The first kappa shape index (κ1) is 15.4. The zero-order chi connectivity index (χ0) is 14.1. The Balaban J connectivity index is 1.93. The van der Waals surface area contributed by atoms with Gasteiger partial charge in [-0.15, -0.1) is 0 Å². The number of phosphoric acid groups is 1. The second-order valence-corrected chi connectivity index (χ2v) is 6.92. The maximum Gasteiger partial charge on any atom is 0.474 e. The Kier molecular flexibility index (Phi) is 4.67. The van der Waals surface area contributed by atoms with Crippen molar-refractivity contribution in [1.29, 1.82) is 0 Å². The highest BCUT2D eigenvalue weighted by Crippen LogP contribution is 2.48. The summed E-state index contributed by atoms with van der Waals surface area (Å²) < 4.78 is 43.5. The quantitative estimate of drug-likeness (QED) is 0.713. The van der Waals surface area contributed by atoms with E-state index >= 15 is 0 Å². The van der Waals surface area contributed by atoms with Crippen molar-refractivity contribution in [3.8, 4) is 0 Å². The smallest absolute Gasteiger partial charge is 0.373 e. The predicted molar refractivity (Wildman–Crippen MR) is 65.7 cm³/mol. The van der Waals surface area contributed by atoms with Gasteiger partial charge in [0.05, 0.1) is 25.9 Å². The maximum absolute atomic E-state index is 11.8. The van der Waals surface area contributed by atoms with Gasteiger partial charge < -0.3 is 14.2 Å². The molecule has 2 fully saturated rings. The highest BCUT2D eigenvalue weighted by Gasteiger charge is 2.46. The van der Waals surface area contributed by atoms with Gasteiger partial charge in [0.1, 0.15) is 6.10 Å². The van der Waals surface area contributed by atoms with E-state index in [1.807, 2.05) is 13.8 Å². The number of hydrogen-bond donors (Lipinski definition) is 0. The Bertz CT molecular complexity index is 351. The summed E-state index contributed by atoms with van der Waals surface area (Å²) in [5.74, 6) is -0.467. The van der Waals surface area contributed by atoms with Gasteiger partial charge in [-0.2, -0.15) is 0 Å². The minimum Gasteiger partial charge on any atom is -0.373 e. The van der Waals surface area contributed by atoms with Crippen LogP contribution in [0.15, 0.2) is 0 Å². The molecule has 2 aliphatic heterocycles. The van der Waals surface area contributed by atoms with Crippen molar-refractivity contribution in [3.05, 3.63) is 0 Å². The Labute approximate surface area is 113 Å². The SMILES string of the molecule is COP(=O)(OC)OC[C@H]1OCC2COC(C)(C)OC21. The van der Waals surface area contributed by atoms with Crippen LogP contribution in [0.1, 0.15) is 13.8 Å². The molecule has 0 aliphatic carbocycles.